The molecule has 30 heavy (non-hydrogen) atoms. The fraction of sp³-hybridized carbons (Fsp3) is 0.167. The number of carbonyl (C=O) groups excluding carboxylic acids is 1. The lowest BCUT2D eigenvalue weighted by molar-refractivity contribution is -0.140. The van der Waals surface area contributed by atoms with Gasteiger partial charge in [-0.15, -0.1) is 0 Å². The Bertz CT molecular complexity index is 1170. The van der Waals surface area contributed by atoms with Crippen LogP contribution in [0.2, 0.25) is 0 Å². The molecule has 0 saturated carbocycles. The largest absolute Gasteiger partial charge is 0.481 e. The van der Waals surface area contributed by atoms with E-state index in [-0.39, 0.29) is 29.9 Å². The highest BCUT2D eigenvalue weighted by Crippen LogP contribution is 2.31. The second kappa shape index (κ2) is 8.69. The van der Waals surface area contributed by atoms with Crippen LogP contribution in [0.3, 0.4) is 0 Å². The number of anilines is 1. The maximum Gasteiger partial charge on any atom is 0.326 e. The molecule has 7 N–H and O–H groups in total. The van der Waals surface area contributed by atoms with Gasteiger partial charge in [0.15, 0.2) is 0 Å². The van der Waals surface area contributed by atoms with Crippen LogP contribution in [0.25, 0.3) is 11.0 Å². The van der Waals surface area contributed by atoms with Crippen molar-refractivity contribution in [1.29, 1.82) is 0 Å². The molecule has 0 saturated heterocycles. The second-order valence-corrected chi connectivity index (χ2v) is 7.37. The summed E-state index contributed by atoms with van der Waals surface area (Å²) in [4.78, 5) is 56.9. The third-order valence-corrected chi connectivity index (χ3v) is 5.17. The van der Waals surface area contributed by atoms with Crippen molar-refractivity contribution in [1.82, 2.24) is 20.3 Å². The van der Waals surface area contributed by atoms with E-state index in [0.29, 0.717) is 15.9 Å². The topological polar surface area (TPSA) is 191 Å². The number of benzene rings is 1. The van der Waals surface area contributed by atoms with E-state index in [4.69, 9.17) is 15.9 Å². The summed E-state index contributed by atoms with van der Waals surface area (Å²) in [5, 5.41) is 20.5. The molecule has 0 aliphatic heterocycles. The van der Waals surface area contributed by atoms with Gasteiger partial charge >= 0.3 is 11.9 Å². The molecule has 2 aromatic heterocycles. The van der Waals surface area contributed by atoms with Gasteiger partial charge in [0.25, 0.3) is 11.5 Å². The number of carboxylic acid groups (broad SMARTS) is 2. The number of carboxylic acids is 2. The Hall–Kier alpha value is -3.80. The van der Waals surface area contributed by atoms with E-state index in [0.717, 1.165) is 4.90 Å². The van der Waals surface area contributed by atoms with Crippen molar-refractivity contribution in [2.75, 3.05) is 5.73 Å². The minimum Gasteiger partial charge on any atom is -0.481 e. The molecule has 0 spiro atoms. The summed E-state index contributed by atoms with van der Waals surface area (Å²) in [5.41, 5.74) is 5.72. The monoisotopic (exact) mass is 431 g/mol. The predicted octanol–water partition coefficient (Wildman–Crippen LogP) is 1.03. The van der Waals surface area contributed by atoms with E-state index < -0.39 is 23.9 Å². The first-order chi connectivity index (χ1) is 14.2. The van der Waals surface area contributed by atoms with Crippen LogP contribution in [0.15, 0.2) is 45.0 Å². The van der Waals surface area contributed by atoms with Gasteiger partial charge in [-0.05, 0) is 30.7 Å². The van der Waals surface area contributed by atoms with Crippen LogP contribution in [0, 0.1) is 0 Å². The minimum atomic E-state index is -1.31. The van der Waals surface area contributed by atoms with Crippen LogP contribution >= 0.6 is 11.8 Å². The minimum absolute atomic E-state index is 0.00397. The van der Waals surface area contributed by atoms with Crippen molar-refractivity contribution < 1.29 is 24.6 Å². The number of fused-ring (bicyclic) bond motifs is 1. The molecule has 11 nitrogen and oxygen atoms in total. The molecule has 12 heteroatoms. The highest BCUT2D eigenvalue weighted by Gasteiger charge is 2.21. The summed E-state index contributed by atoms with van der Waals surface area (Å²) >= 11 is 1.27. The molecular formula is C18H17N5O6S. The summed E-state index contributed by atoms with van der Waals surface area (Å²) in [6.45, 7) is 0. The van der Waals surface area contributed by atoms with Crippen molar-refractivity contribution in [3.8, 4) is 0 Å². The number of hydrogen-bond acceptors (Lipinski definition) is 7. The zero-order valence-electron chi connectivity index (χ0n) is 15.3. The van der Waals surface area contributed by atoms with Gasteiger partial charge in [-0.25, -0.2) is 4.79 Å². The molecule has 0 bridgehead atoms. The summed E-state index contributed by atoms with van der Waals surface area (Å²) in [7, 11) is 0. The van der Waals surface area contributed by atoms with Gasteiger partial charge in [0.05, 0.1) is 5.39 Å². The van der Waals surface area contributed by atoms with E-state index in [1.54, 1.807) is 18.3 Å². The fourth-order valence-electron chi connectivity index (χ4n) is 2.68. The number of nitrogens with one attached hydrogen (secondary N) is 3. The number of aromatic nitrogens is 3. The Kier molecular flexibility index (Phi) is 6.06. The van der Waals surface area contributed by atoms with Crippen LogP contribution in [-0.2, 0) is 9.59 Å². The van der Waals surface area contributed by atoms with Gasteiger partial charge in [0.2, 0.25) is 5.95 Å². The van der Waals surface area contributed by atoms with Gasteiger partial charge in [-0.3, -0.25) is 19.4 Å². The first-order valence-corrected chi connectivity index (χ1v) is 9.46. The Balaban J connectivity index is 1.72. The number of nitrogen functional groups attached to an aromatic ring is 1. The molecule has 0 aliphatic rings. The molecule has 2 heterocycles. The van der Waals surface area contributed by atoms with E-state index in [9.17, 15) is 19.2 Å². The maximum atomic E-state index is 12.3. The second-order valence-electron chi connectivity index (χ2n) is 6.25. The zero-order chi connectivity index (χ0) is 21.8. The molecule has 1 amide bonds. The molecular weight excluding hydrogens is 414 g/mol. The maximum absolute atomic E-state index is 12.3. The van der Waals surface area contributed by atoms with Crippen molar-refractivity contribution in [2.24, 2.45) is 0 Å². The summed E-state index contributed by atoms with van der Waals surface area (Å²) in [5.74, 6) is -3.08. The van der Waals surface area contributed by atoms with E-state index in [1.807, 2.05) is 0 Å². The summed E-state index contributed by atoms with van der Waals surface area (Å²) < 4.78 is 0. The summed E-state index contributed by atoms with van der Waals surface area (Å²) in [6.07, 6.45) is 1.02. The average molecular weight is 431 g/mol. The van der Waals surface area contributed by atoms with Gasteiger partial charge in [-0.1, -0.05) is 11.8 Å². The van der Waals surface area contributed by atoms with E-state index in [1.165, 1.54) is 23.9 Å². The molecule has 0 radical (unpaired) electrons. The van der Waals surface area contributed by atoms with Gasteiger partial charge in [0.1, 0.15) is 11.7 Å². The van der Waals surface area contributed by atoms with Crippen LogP contribution < -0.4 is 16.6 Å². The summed E-state index contributed by atoms with van der Waals surface area (Å²) in [6, 6.07) is 4.99. The normalized spacial score (nSPS) is 11.9. The Morgan fingerprint density at radius 3 is 2.53 bits per heavy atom. The van der Waals surface area contributed by atoms with Crippen LogP contribution in [0.4, 0.5) is 5.95 Å². The van der Waals surface area contributed by atoms with Crippen LogP contribution in [0.1, 0.15) is 23.2 Å². The number of aromatic amines is 2. The number of aliphatic carboxylic acids is 2. The zero-order valence-corrected chi connectivity index (χ0v) is 16.2. The van der Waals surface area contributed by atoms with Crippen LogP contribution in [-0.4, -0.2) is 49.1 Å². The van der Waals surface area contributed by atoms with Crippen molar-refractivity contribution in [2.45, 2.75) is 28.7 Å². The molecule has 3 rings (SSSR count). The smallest absolute Gasteiger partial charge is 0.326 e. The number of nitrogens with two attached hydrogens (primary N) is 1. The molecule has 1 atom stereocenters. The van der Waals surface area contributed by atoms with Gasteiger partial charge in [-0.2, -0.15) is 4.98 Å². The number of amides is 1. The van der Waals surface area contributed by atoms with Gasteiger partial charge < -0.3 is 26.2 Å². The highest BCUT2D eigenvalue weighted by molar-refractivity contribution is 7.99. The third-order valence-electron chi connectivity index (χ3n) is 4.12. The number of rotatable bonds is 8. The van der Waals surface area contributed by atoms with Crippen molar-refractivity contribution in [3.05, 3.63) is 46.4 Å². The SMILES string of the molecule is Nc1nc2[nH]cc(Sc3ccc(C(=O)NC(CCC(=O)O)C(=O)O)cc3)c2c(=O)[nH]1. The molecule has 1 aromatic carbocycles. The first-order valence-electron chi connectivity index (χ1n) is 8.65. The lowest BCUT2D eigenvalue weighted by atomic mass is 10.1. The Morgan fingerprint density at radius 1 is 1.20 bits per heavy atom. The third kappa shape index (κ3) is 4.78. The molecule has 3 aromatic rings. The van der Waals surface area contributed by atoms with Gasteiger partial charge in [0, 0.05) is 28.0 Å². The number of nitrogens with zero attached hydrogens (tertiary/aromatic N) is 1. The number of carbonyl (C=O) groups is 3. The molecule has 1 unspecified atom stereocenters. The van der Waals surface area contributed by atoms with E-state index in [2.05, 4.69) is 20.3 Å². The number of H-pyrrole nitrogens is 2. The number of hydrogen-bond donors (Lipinski definition) is 6. The molecule has 0 fully saturated rings. The average Bonchev–Trinajstić information content (AvgIpc) is 3.07. The standard InChI is InChI=1S/C18H17N5O6S/c19-18-22-14-13(16(27)23-18)11(7-20-14)30-9-3-1-8(2-4-9)15(26)21-10(17(28)29)5-6-12(24)25/h1-4,7,10H,5-6H2,(H,21,26)(H,24,25)(H,28,29)(H4,19,20,22,23,27). The quantitative estimate of drug-likeness (QED) is 0.302. The Morgan fingerprint density at radius 2 is 1.90 bits per heavy atom. The van der Waals surface area contributed by atoms with Crippen LogP contribution in [0.5, 0.6) is 0 Å². The van der Waals surface area contributed by atoms with Crippen molar-refractivity contribution >= 4 is 46.6 Å². The van der Waals surface area contributed by atoms with E-state index >= 15 is 0 Å². The predicted molar refractivity (Wildman–Crippen MR) is 107 cm³/mol. The molecule has 156 valence electrons. The lowest BCUT2D eigenvalue weighted by Crippen LogP contribution is -2.41. The molecule has 0 aliphatic carbocycles. The Labute approximate surface area is 172 Å². The first kappa shape index (κ1) is 20.9. The highest BCUT2D eigenvalue weighted by atomic mass is 32.2. The lowest BCUT2D eigenvalue weighted by Gasteiger charge is -2.13. The van der Waals surface area contributed by atoms with Crippen molar-refractivity contribution in [3.63, 3.8) is 0 Å². The fourth-order valence-corrected chi connectivity index (χ4v) is 3.61.